The number of hydrogen-bond acceptors (Lipinski definition) is 4. The molecule has 1 fully saturated rings. The van der Waals surface area contributed by atoms with Gasteiger partial charge in [-0.3, -0.25) is 9.69 Å². The molecule has 1 unspecified atom stereocenters. The molecule has 0 amide bonds. The number of carbonyl (C=O) groups is 1. The number of methoxy groups -OCH3 is 1. The first-order valence-corrected chi connectivity index (χ1v) is 7.30. The molecule has 0 bridgehead atoms. The van der Waals surface area contributed by atoms with Crippen LogP contribution < -0.4 is 5.73 Å². The number of nitrogens with two attached hydrogens (primary N) is 1. The van der Waals surface area contributed by atoms with Crippen LogP contribution in [0.1, 0.15) is 24.0 Å². The number of esters is 1. The fourth-order valence-corrected chi connectivity index (χ4v) is 3.21. The molecule has 1 aromatic rings. The standard InChI is InChI=1S/C16H22N2O2/c1-20-15(19)16(17,14-6-7-14)11-18-9-8-12-4-2-3-5-13(12)10-18/h2-5,14H,6-11,17H2,1H3. The summed E-state index contributed by atoms with van der Waals surface area (Å²) >= 11 is 0. The van der Waals surface area contributed by atoms with Crippen LogP contribution in [0.3, 0.4) is 0 Å². The minimum absolute atomic E-state index is 0.265. The van der Waals surface area contributed by atoms with E-state index in [9.17, 15) is 4.79 Å². The zero-order valence-electron chi connectivity index (χ0n) is 12.0. The molecule has 20 heavy (non-hydrogen) atoms. The molecule has 108 valence electrons. The average Bonchev–Trinajstić information content (AvgIpc) is 3.31. The predicted octanol–water partition coefficient (Wildman–Crippen LogP) is 1.33. The highest BCUT2D eigenvalue weighted by molar-refractivity contribution is 5.81. The van der Waals surface area contributed by atoms with Crippen molar-refractivity contribution >= 4 is 5.97 Å². The molecule has 4 nitrogen and oxygen atoms in total. The highest BCUT2D eigenvalue weighted by atomic mass is 16.5. The second-order valence-corrected chi connectivity index (χ2v) is 6.04. The first-order chi connectivity index (χ1) is 9.63. The van der Waals surface area contributed by atoms with E-state index in [1.54, 1.807) is 0 Å². The SMILES string of the molecule is COC(=O)C(N)(CN1CCc2ccccc2C1)C1CC1. The first kappa shape index (κ1) is 13.6. The number of rotatable bonds is 4. The number of carbonyl (C=O) groups excluding carboxylic acids is 1. The van der Waals surface area contributed by atoms with E-state index < -0.39 is 5.54 Å². The van der Waals surface area contributed by atoms with Gasteiger partial charge in [0.2, 0.25) is 0 Å². The maximum absolute atomic E-state index is 12.1. The largest absolute Gasteiger partial charge is 0.468 e. The third-order valence-electron chi connectivity index (χ3n) is 4.57. The Morgan fingerprint density at radius 1 is 1.40 bits per heavy atom. The van der Waals surface area contributed by atoms with E-state index in [1.807, 2.05) is 0 Å². The van der Waals surface area contributed by atoms with Gasteiger partial charge >= 0.3 is 5.97 Å². The number of fused-ring (bicyclic) bond motifs is 1. The van der Waals surface area contributed by atoms with Gasteiger partial charge in [-0.2, -0.15) is 0 Å². The molecule has 0 radical (unpaired) electrons. The van der Waals surface area contributed by atoms with Gasteiger partial charge in [-0.25, -0.2) is 0 Å². The van der Waals surface area contributed by atoms with Crippen molar-refractivity contribution in [3.63, 3.8) is 0 Å². The van der Waals surface area contributed by atoms with Gasteiger partial charge < -0.3 is 10.5 Å². The monoisotopic (exact) mass is 274 g/mol. The number of benzene rings is 1. The molecule has 3 rings (SSSR count). The molecule has 2 N–H and O–H groups in total. The van der Waals surface area contributed by atoms with E-state index in [-0.39, 0.29) is 11.9 Å². The predicted molar refractivity (Wildman–Crippen MR) is 77.1 cm³/mol. The van der Waals surface area contributed by atoms with Gasteiger partial charge in [0.05, 0.1) is 7.11 Å². The average molecular weight is 274 g/mol. The van der Waals surface area contributed by atoms with E-state index in [2.05, 4.69) is 29.2 Å². The van der Waals surface area contributed by atoms with Crippen LogP contribution in [-0.4, -0.2) is 36.6 Å². The Labute approximate surface area is 119 Å². The van der Waals surface area contributed by atoms with E-state index in [4.69, 9.17) is 10.5 Å². The van der Waals surface area contributed by atoms with Crippen molar-refractivity contribution in [3.05, 3.63) is 35.4 Å². The molecule has 1 aliphatic heterocycles. The van der Waals surface area contributed by atoms with Gasteiger partial charge in [0, 0.05) is 19.6 Å². The maximum Gasteiger partial charge on any atom is 0.327 e. The van der Waals surface area contributed by atoms with E-state index in [0.717, 1.165) is 32.4 Å². The zero-order valence-corrected chi connectivity index (χ0v) is 12.0. The summed E-state index contributed by atoms with van der Waals surface area (Å²) in [7, 11) is 1.43. The quantitative estimate of drug-likeness (QED) is 0.842. The Kier molecular flexibility index (Phi) is 3.52. The Balaban J connectivity index is 1.73. The van der Waals surface area contributed by atoms with Gasteiger partial charge in [-0.15, -0.1) is 0 Å². The summed E-state index contributed by atoms with van der Waals surface area (Å²) in [5.41, 5.74) is 8.32. The van der Waals surface area contributed by atoms with Crippen LogP contribution in [0.5, 0.6) is 0 Å². The molecule has 1 atom stereocenters. The number of ether oxygens (including phenoxy) is 1. The van der Waals surface area contributed by atoms with Crippen LogP contribution in [0.2, 0.25) is 0 Å². The second-order valence-electron chi connectivity index (χ2n) is 6.04. The lowest BCUT2D eigenvalue weighted by Gasteiger charge is -2.36. The lowest BCUT2D eigenvalue weighted by molar-refractivity contribution is -0.149. The summed E-state index contributed by atoms with van der Waals surface area (Å²) in [6.45, 7) is 2.43. The van der Waals surface area contributed by atoms with E-state index in [1.165, 1.54) is 18.2 Å². The highest BCUT2D eigenvalue weighted by Crippen LogP contribution is 2.39. The lowest BCUT2D eigenvalue weighted by Crippen LogP contribution is -2.58. The summed E-state index contributed by atoms with van der Waals surface area (Å²) in [5, 5.41) is 0. The summed E-state index contributed by atoms with van der Waals surface area (Å²) < 4.78 is 4.94. The minimum atomic E-state index is -0.832. The van der Waals surface area contributed by atoms with Gasteiger partial charge in [-0.1, -0.05) is 24.3 Å². The molecule has 1 saturated carbocycles. The molecule has 0 saturated heterocycles. The van der Waals surface area contributed by atoms with Crippen molar-refractivity contribution in [3.8, 4) is 0 Å². The van der Waals surface area contributed by atoms with Gasteiger partial charge in [-0.05, 0) is 36.3 Å². The summed E-state index contributed by atoms with van der Waals surface area (Å²) in [4.78, 5) is 14.3. The summed E-state index contributed by atoms with van der Waals surface area (Å²) in [5.74, 6) is 0.0194. The topological polar surface area (TPSA) is 55.6 Å². The first-order valence-electron chi connectivity index (χ1n) is 7.30. The smallest absolute Gasteiger partial charge is 0.327 e. The van der Waals surface area contributed by atoms with Crippen molar-refractivity contribution in [2.24, 2.45) is 11.7 Å². The van der Waals surface area contributed by atoms with Gasteiger partial charge in [0.25, 0.3) is 0 Å². The van der Waals surface area contributed by atoms with Crippen molar-refractivity contribution in [1.82, 2.24) is 4.90 Å². The second kappa shape index (κ2) is 5.19. The molecule has 1 heterocycles. The molecule has 4 heteroatoms. The van der Waals surface area contributed by atoms with Crippen LogP contribution in [-0.2, 0) is 22.5 Å². The zero-order chi connectivity index (χ0) is 14.2. The van der Waals surface area contributed by atoms with Gasteiger partial charge in [0.15, 0.2) is 0 Å². The van der Waals surface area contributed by atoms with Crippen LogP contribution >= 0.6 is 0 Å². The van der Waals surface area contributed by atoms with Gasteiger partial charge in [0.1, 0.15) is 5.54 Å². The van der Waals surface area contributed by atoms with E-state index >= 15 is 0 Å². The van der Waals surface area contributed by atoms with Crippen molar-refractivity contribution in [2.75, 3.05) is 20.2 Å². The fraction of sp³-hybridized carbons (Fsp3) is 0.562. The third kappa shape index (κ3) is 2.45. The molecule has 1 aliphatic carbocycles. The maximum atomic E-state index is 12.1. The van der Waals surface area contributed by atoms with Crippen LogP contribution in [0.25, 0.3) is 0 Å². The Bertz CT molecular complexity index is 513. The third-order valence-corrected chi connectivity index (χ3v) is 4.57. The molecule has 0 spiro atoms. The van der Waals surface area contributed by atoms with Crippen LogP contribution in [0.15, 0.2) is 24.3 Å². The highest BCUT2D eigenvalue weighted by Gasteiger charge is 2.50. The van der Waals surface area contributed by atoms with Crippen LogP contribution in [0.4, 0.5) is 0 Å². The van der Waals surface area contributed by atoms with E-state index in [0.29, 0.717) is 6.54 Å². The summed E-state index contributed by atoms with van der Waals surface area (Å²) in [6, 6.07) is 8.50. The summed E-state index contributed by atoms with van der Waals surface area (Å²) in [6.07, 6.45) is 3.10. The fourth-order valence-electron chi connectivity index (χ4n) is 3.21. The number of hydrogen-bond donors (Lipinski definition) is 1. The lowest BCUT2D eigenvalue weighted by atomic mass is 9.91. The molecule has 2 aliphatic rings. The van der Waals surface area contributed by atoms with Crippen LogP contribution in [0, 0.1) is 5.92 Å². The molecular formula is C16H22N2O2. The molecule has 0 aromatic heterocycles. The minimum Gasteiger partial charge on any atom is -0.468 e. The van der Waals surface area contributed by atoms with Crippen molar-refractivity contribution in [2.45, 2.75) is 31.3 Å². The Morgan fingerprint density at radius 3 is 2.75 bits per heavy atom. The molecule has 1 aromatic carbocycles. The normalized spacial score (nSPS) is 21.9. The van der Waals surface area contributed by atoms with Crippen molar-refractivity contribution < 1.29 is 9.53 Å². The Hall–Kier alpha value is -1.39. The van der Waals surface area contributed by atoms with Crippen molar-refractivity contribution in [1.29, 1.82) is 0 Å². The number of nitrogens with zero attached hydrogens (tertiary/aromatic N) is 1. The Morgan fingerprint density at radius 2 is 2.10 bits per heavy atom. The molecular weight excluding hydrogens is 252 g/mol.